The van der Waals surface area contributed by atoms with Gasteiger partial charge in [0.15, 0.2) is 11.5 Å². The maximum absolute atomic E-state index is 14.5. The Labute approximate surface area is 154 Å². The Balaban J connectivity index is 1.82. The number of halogens is 3. The molecule has 0 aliphatic carbocycles. The summed E-state index contributed by atoms with van der Waals surface area (Å²) in [4.78, 5) is 12.5. The number of hydrogen-bond acceptors (Lipinski definition) is 4. The second-order valence-corrected chi connectivity index (χ2v) is 6.72. The number of ether oxygens (including phenoxy) is 3. The highest BCUT2D eigenvalue weighted by atomic mass is 35.5. The van der Waals surface area contributed by atoms with Crippen LogP contribution < -0.4 is 9.47 Å². The third-order valence-corrected chi connectivity index (χ3v) is 4.34. The van der Waals surface area contributed by atoms with E-state index in [0.29, 0.717) is 16.3 Å². The first-order valence-corrected chi connectivity index (χ1v) is 8.42. The second-order valence-electron chi connectivity index (χ2n) is 6.28. The number of hydrogen-bond donors (Lipinski definition) is 0. The van der Waals surface area contributed by atoms with E-state index in [1.807, 2.05) is 0 Å². The van der Waals surface area contributed by atoms with Gasteiger partial charge in [-0.1, -0.05) is 37.6 Å². The van der Waals surface area contributed by atoms with E-state index in [1.165, 1.54) is 6.07 Å². The standard InChI is InChI=1S/C19H17ClF2O4/c1-11(2)17(12-3-6-14(20)7-4-12)18(23)26-19(21,22)13-5-8-15-16(9-13)25-10-24-15/h3-9,11,17H,10H2,1-2H3. The molecule has 1 aliphatic rings. The van der Waals surface area contributed by atoms with Crippen LogP contribution in [0.1, 0.15) is 30.9 Å². The molecule has 0 radical (unpaired) electrons. The van der Waals surface area contributed by atoms with Crippen molar-refractivity contribution in [2.75, 3.05) is 6.79 Å². The van der Waals surface area contributed by atoms with E-state index < -0.39 is 23.6 Å². The second kappa shape index (κ2) is 7.11. The molecule has 0 fully saturated rings. The number of benzene rings is 2. The van der Waals surface area contributed by atoms with Gasteiger partial charge < -0.3 is 14.2 Å². The molecule has 4 nitrogen and oxygen atoms in total. The molecule has 0 N–H and O–H groups in total. The molecular formula is C19H17ClF2O4. The molecule has 2 aromatic rings. The van der Waals surface area contributed by atoms with E-state index in [1.54, 1.807) is 38.1 Å². The summed E-state index contributed by atoms with van der Waals surface area (Å²) in [5.41, 5.74) is 0.0876. The van der Waals surface area contributed by atoms with Gasteiger partial charge in [-0.25, -0.2) is 0 Å². The minimum atomic E-state index is -3.79. The van der Waals surface area contributed by atoms with Crippen LogP contribution in [0.5, 0.6) is 11.5 Å². The SMILES string of the molecule is CC(C)C(C(=O)OC(F)(F)c1ccc2c(c1)OCO2)c1ccc(Cl)cc1. The van der Waals surface area contributed by atoms with Gasteiger partial charge in [0.1, 0.15) is 0 Å². The molecule has 1 aliphatic heterocycles. The summed E-state index contributed by atoms with van der Waals surface area (Å²) in [5, 5.41) is 0.496. The summed E-state index contributed by atoms with van der Waals surface area (Å²) >= 11 is 5.85. The molecule has 1 heterocycles. The number of carbonyl (C=O) groups is 1. The summed E-state index contributed by atoms with van der Waals surface area (Å²) in [7, 11) is 0. The Morgan fingerprint density at radius 3 is 2.42 bits per heavy atom. The van der Waals surface area contributed by atoms with Crippen LogP contribution in [0, 0.1) is 5.92 Å². The van der Waals surface area contributed by atoms with Crippen LogP contribution in [0.2, 0.25) is 5.02 Å². The topological polar surface area (TPSA) is 44.8 Å². The smallest absolute Gasteiger partial charge is 0.428 e. The summed E-state index contributed by atoms with van der Waals surface area (Å²) in [6, 6.07) is 10.1. The molecule has 3 rings (SSSR count). The van der Waals surface area contributed by atoms with Gasteiger partial charge in [-0.3, -0.25) is 4.79 Å². The summed E-state index contributed by atoms with van der Waals surface area (Å²) in [6.45, 7) is 3.49. The van der Waals surface area contributed by atoms with Crippen LogP contribution in [-0.2, 0) is 15.6 Å². The van der Waals surface area contributed by atoms with Crippen molar-refractivity contribution in [3.63, 3.8) is 0 Å². The lowest BCUT2D eigenvalue weighted by atomic mass is 9.88. The molecule has 0 amide bonds. The van der Waals surface area contributed by atoms with Crippen molar-refractivity contribution in [2.24, 2.45) is 5.92 Å². The van der Waals surface area contributed by atoms with Crippen LogP contribution in [-0.4, -0.2) is 12.8 Å². The summed E-state index contributed by atoms with van der Waals surface area (Å²) < 4.78 is 43.8. The Hall–Kier alpha value is -2.34. The van der Waals surface area contributed by atoms with E-state index in [2.05, 4.69) is 4.74 Å². The Kier molecular flexibility index (Phi) is 5.05. The molecule has 0 saturated heterocycles. The zero-order valence-electron chi connectivity index (χ0n) is 14.2. The highest BCUT2D eigenvalue weighted by Crippen LogP contribution is 2.40. The third-order valence-electron chi connectivity index (χ3n) is 4.09. The van der Waals surface area contributed by atoms with Crippen molar-refractivity contribution in [1.82, 2.24) is 0 Å². The fourth-order valence-corrected chi connectivity index (χ4v) is 2.92. The molecule has 1 unspecified atom stereocenters. The van der Waals surface area contributed by atoms with Gasteiger partial charge in [-0.15, -0.1) is 0 Å². The molecular weight excluding hydrogens is 366 g/mol. The van der Waals surface area contributed by atoms with Crippen LogP contribution in [0.4, 0.5) is 8.78 Å². The average molecular weight is 383 g/mol. The highest BCUT2D eigenvalue weighted by molar-refractivity contribution is 6.30. The fraction of sp³-hybridized carbons (Fsp3) is 0.316. The predicted molar refractivity (Wildman–Crippen MR) is 91.6 cm³/mol. The fourth-order valence-electron chi connectivity index (χ4n) is 2.79. The first-order chi connectivity index (χ1) is 12.3. The molecule has 0 saturated carbocycles. The molecule has 0 spiro atoms. The lowest BCUT2D eigenvalue weighted by Crippen LogP contribution is -2.29. The van der Waals surface area contributed by atoms with E-state index in [-0.39, 0.29) is 18.5 Å². The largest absolute Gasteiger partial charge is 0.454 e. The quantitative estimate of drug-likeness (QED) is 0.675. The van der Waals surface area contributed by atoms with Crippen molar-refractivity contribution in [1.29, 1.82) is 0 Å². The van der Waals surface area contributed by atoms with Gasteiger partial charge in [0.2, 0.25) is 6.79 Å². The van der Waals surface area contributed by atoms with Gasteiger partial charge in [-0.2, -0.15) is 8.78 Å². The van der Waals surface area contributed by atoms with Crippen LogP contribution >= 0.6 is 11.6 Å². The lowest BCUT2D eigenvalue weighted by Gasteiger charge is -2.24. The Morgan fingerprint density at radius 1 is 1.12 bits per heavy atom. The number of fused-ring (bicyclic) bond motifs is 1. The van der Waals surface area contributed by atoms with Gasteiger partial charge in [-0.05, 0) is 41.8 Å². The van der Waals surface area contributed by atoms with Crippen LogP contribution in [0.15, 0.2) is 42.5 Å². The molecule has 0 aromatic heterocycles. The monoisotopic (exact) mass is 382 g/mol. The minimum absolute atomic E-state index is 0.0316. The number of rotatable bonds is 5. The summed E-state index contributed by atoms with van der Waals surface area (Å²) in [5.74, 6) is -1.53. The van der Waals surface area contributed by atoms with E-state index >= 15 is 0 Å². The van der Waals surface area contributed by atoms with Gasteiger partial charge in [0.05, 0.1) is 11.5 Å². The van der Waals surface area contributed by atoms with Crippen LogP contribution in [0.3, 0.4) is 0 Å². The first-order valence-electron chi connectivity index (χ1n) is 8.04. The van der Waals surface area contributed by atoms with Crippen molar-refractivity contribution in [2.45, 2.75) is 25.9 Å². The lowest BCUT2D eigenvalue weighted by molar-refractivity contribution is -0.242. The van der Waals surface area contributed by atoms with Gasteiger partial charge in [0.25, 0.3) is 0 Å². The number of carbonyl (C=O) groups excluding carboxylic acids is 1. The van der Waals surface area contributed by atoms with Gasteiger partial charge >= 0.3 is 12.1 Å². The third kappa shape index (κ3) is 3.75. The zero-order chi connectivity index (χ0) is 18.9. The maximum Gasteiger partial charge on any atom is 0.428 e. The van der Waals surface area contributed by atoms with Crippen molar-refractivity contribution < 1.29 is 27.8 Å². The maximum atomic E-state index is 14.5. The van der Waals surface area contributed by atoms with E-state index in [0.717, 1.165) is 12.1 Å². The Bertz CT molecular complexity index is 806. The zero-order valence-corrected chi connectivity index (χ0v) is 14.9. The normalized spacial score (nSPS) is 14.4. The van der Waals surface area contributed by atoms with Crippen LogP contribution in [0.25, 0.3) is 0 Å². The minimum Gasteiger partial charge on any atom is -0.454 e. The molecule has 138 valence electrons. The first kappa shape index (κ1) is 18.5. The predicted octanol–water partition coefficient (Wildman–Crippen LogP) is 5.10. The van der Waals surface area contributed by atoms with E-state index in [9.17, 15) is 13.6 Å². The van der Waals surface area contributed by atoms with Crippen molar-refractivity contribution in [3.05, 3.63) is 58.6 Å². The molecule has 7 heteroatoms. The molecule has 0 bridgehead atoms. The molecule has 1 atom stereocenters. The molecule has 2 aromatic carbocycles. The average Bonchev–Trinajstić information content (AvgIpc) is 3.03. The number of esters is 1. The van der Waals surface area contributed by atoms with Gasteiger partial charge in [0, 0.05) is 5.02 Å². The van der Waals surface area contributed by atoms with E-state index in [4.69, 9.17) is 21.1 Å². The molecule has 26 heavy (non-hydrogen) atoms. The Morgan fingerprint density at radius 2 is 1.77 bits per heavy atom. The number of alkyl halides is 2. The highest BCUT2D eigenvalue weighted by Gasteiger charge is 2.40. The summed E-state index contributed by atoms with van der Waals surface area (Å²) in [6.07, 6.45) is -3.79. The van der Waals surface area contributed by atoms with Crippen molar-refractivity contribution >= 4 is 17.6 Å². The van der Waals surface area contributed by atoms with Crippen molar-refractivity contribution in [3.8, 4) is 11.5 Å².